The van der Waals surface area contributed by atoms with Gasteiger partial charge in [-0.05, 0) is 71.6 Å². The molecule has 0 aromatic heterocycles. The summed E-state index contributed by atoms with van der Waals surface area (Å²) in [5, 5.41) is 2.03. The Balaban J connectivity index is 1.34. The highest BCUT2D eigenvalue weighted by atomic mass is 35.5. The number of rotatable bonds is 6. The van der Waals surface area contributed by atoms with Crippen molar-refractivity contribution in [2.24, 2.45) is 11.8 Å². The Morgan fingerprint density at radius 2 is 1.63 bits per heavy atom. The number of alkyl halides is 2. The Hall–Kier alpha value is -1.98. The predicted molar refractivity (Wildman–Crippen MR) is 154 cm³/mol. The lowest BCUT2D eigenvalue weighted by atomic mass is 9.93. The quantitative estimate of drug-likeness (QED) is 0.522. The Bertz CT molecular complexity index is 1310. The molecule has 2 aliphatic carbocycles. The Kier molecular flexibility index (Phi) is 7.90. The van der Waals surface area contributed by atoms with Crippen LogP contribution in [0.25, 0.3) is 0 Å². The molecule has 1 aromatic rings. The van der Waals surface area contributed by atoms with Gasteiger partial charge in [0.25, 0.3) is 5.92 Å². The Morgan fingerprint density at radius 3 is 2.17 bits per heavy atom. The van der Waals surface area contributed by atoms with Crippen molar-refractivity contribution in [2.45, 2.75) is 86.9 Å². The van der Waals surface area contributed by atoms with Gasteiger partial charge in [-0.2, -0.15) is 0 Å². The number of nitrogens with zero attached hydrogens (tertiary/aromatic N) is 3. The second-order valence-electron chi connectivity index (χ2n) is 13.5. The van der Waals surface area contributed by atoms with E-state index in [1.165, 1.54) is 6.07 Å². The van der Waals surface area contributed by atoms with Gasteiger partial charge in [0.05, 0.1) is 33.5 Å². The van der Waals surface area contributed by atoms with E-state index in [0.717, 1.165) is 49.6 Å². The van der Waals surface area contributed by atoms with E-state index in [1.54, 1.807) is 12.1 Å². The van der Waals surface area contributed by atoms with Crippen molar-refractivity contribution in [1.82, 2.24) is 15.1 Å². The average molecular weight is 615 g/mol. The SMILES string of the molecule is CC1(NC(=O)[C@@H]2C[C@@H](S(=O)(=O)c3ccc(N4CCN(C(C)(C)C)CC4)cc3Cl)C[C@H]2C(=O)N2CCC(F)(F)C2)CC1. The monoisotopic (exact) mass is 614 g/mol. The van der Waals surface area contributed by atoms with Crippen LogP contribution in [0.5, 0.6) is 0 Å². The number of amides is 2. The van der Waals surface area contributed by atoms with Crippen LogP contribution < -0.4 is 10.2 Å². The summed E-state index contributed by atoms with van der Waals surface area (Å²) in [4.78, 5) is 32.3. The first kappa shape index (κ1) is 30.5. The van der Waals surface area contributed by atoms with Gasteiger partial charge in [0, 0.05) is 55.9 Å². The van der Waals surface area contributed by atoms with Crippen molar-refractivity contribution in [3.8, 4) is 0 Å². The van der Waals surface area contributed by atoms with Gasteiger partial charge < -0.3 is 15.1 Å². The van der Waals surface area contributed by atoms with Crippen LogP contribution in [-0.2, 0) is 19.4 Å². The molecule has 2 saturated carbocycles. The number of anilines is 1. The fraction of sp³-hybridized carbons (Fsp3) is 0.724. The summed E-state index contributed by atoms with van der Waals surface area (Å²) in [6.07, 6.45) is 1.01. The van der Waals surface area contributed by atoms with Gasteiger partial charge in [0.15, 0.2) is 9.84 Å². The van der Waals surface area contributed by atoms with Crippen LogP contribution >= 0.6 is 11.6 Å². The van der Waals surface area contributed by atoms with E-state index in [2.05, 4.69) is 35.9 Å². The second kappa shape index (κ2) is 10.6. The second-order valence-corrected chi connectivity index (χ2v) is 16.1. The van der Waals surface area contributed by atoms with Crippen LogP contribution in [0.2, 0.25) is 5.02 Å². The molecule has 41 heavy (non-hydrogen) atoms. The molecule has 2 heterocycles. The van der Waals surface area contributed by atoms with Crippen LogP contribution in [0, 0.1) is 11.8 Å². The zero-order chi connectivity index (χ0) is 30.0. The minimum atomic E-state index is -4.01. The summed E-state index contributed by atoms with van der Waals surface area (Å²) in [5.41, 5.74) is 0.551. The number of hydrogen-bond acceptors (Lipinski definition) is 6. The standard InChI is InChI=1S/C29H41ClF2N4O4S/c1-27(2,3)36-13-11-34(12-14-36)19-5-6-24(23(30)15-19)41(39,40)20-16-21(25(37)33-28(4)7-8-28)22(17-20)26(38)35-10-9-29(31,32)18-35/h5-6,15,20-22H,7-14,16-18H2,1-4H3,(H,33,37)/t20-,21-,22-/m1/s1. The molecule has 1 N–H and O–H groups in total. The molecule has 12 heteroatoms. The molecule has 2 amide bonds. The normalized spacial score (nSPS) is 28.1. The zero-order valence-electron chi connectivity index (χ0n) is 24.3. The number of likely N-dealkylation sites (tertiary alicyclic amines) is 1. The summed E-state index contributed by atoms with van der Waals surface area (Å²) < 4.78 is 55.6. The smallest absolute Gasteiger partial charge is 0.267 e. The summed E-state index contributed by atoms with van der Waals surface area (Å²) in [5.74, 6) is -5.83. The van der Waals surface area contributed by atoms with Crippen molar-refractivity contribution in [1.29, 1.82) is 0 Å². The van der Waals surface area contributed by atoms with Gasteiger partial charge in [-0.1, -0.05) is 11.6 Å². The number of hydrogen-bond donors (Lipinski definition) is 1. The molecule has 8 nitrogen and oxygen atoms in total. The molecule has 5 rings (SSSR count). The molecular weight excluding hydrogens is 574 g/mol. The van der Waals surface area contributed by atoms with Crippen LogP contribution in [0.15, 0.2) is 23.1 Å². The van der Waals surface area contributed by atoms with Gasteiger partial charge in [-0.3, -0.25) is 14.5 Å². The molecule has 0 radical (unpaired) electrons. The summed E-state index contributed by atoms with van der Waals surface area (Å²) in [6, 6.07) is 4.94. The molecule has 4 fully saturated rings. The molecule has 2 aliphatic heterocycles. The third-order valence-corrected chi connectivity index (χ3v) is 12.0. The number of carbonyl (C=O) groups is 2. The van der Waals surface area contributed by atoms with Crippen LogP contribution in [0.3, 0.4) is 0 Å². The largest absolute Gasteiger partial charge is 0.369 e. The lowest BCUT2D eigenvalue weighted by Crippen LogP contribution is -2.53. The van der Waals surface area contributed by atoms with E-state index in [9.17, 15) is 26.8 Å². The number of piperazine rings is 1. The van der Waals surface area contributed by atoms with Gasteiger partial charge in [-0.15, -0.1) is 0 Å². The molecule has 2 saturated heterocycles. The maximum Gasteiger partial charge on any atom is 0.267 e. The number of sulfone groups is 1. The summed E-state index contributed by atoms with van der Waals surface area (Å²) in [7, 11) is -4.01. The molecule has 0 unspecified atom stereocenters. The fourth-order valence-electron chi connectivity index (χ4n) is 6.40. The molecule has 0 bridgehead atoms. The third kappa shape index (κ3) is 6.37. The lowest BCUT2D eigenvalue weighted by Gasteiger charge is -2.43. The number of nitrogens with one attached hydrogen (secondary N) is 1. The van der Waals surface area contributed by atoms with Gasteiger partial charge in [-0.25, -0.2) is 17.2 Å². The van der Waals surface area contributed by atoms with Gasteiger partial charge in [0.2, 0.25) is 11.8 Å². The zero-order valence-corrected chi connectivity index (χ0v) is 25.8. The van der Waals surface area contributed by atoms with Crippen molar-refractivity contribution in [2.75, 3.05) is 44.2 Å². The first-order chi connectivity index (χ1) is 19.0. The summed E-state index contributed by atoms with van der Waals surface area (Å²) >= 11 is 6.59. The Morgan fingerprint density at radius 1 is 1.00 bits per heavy atom. The fourth-order valence-corrected chi connectivity index (χ4v) is 8.77. The van der Waals surface area contributed by atoms with Gasteiger partial charge >= 0.3 is 0 Å². The van der Waals surface area contributed by atoms with Crippen LogP contribution in [0.1, 0.15) is 59.8 Å². The first-order valence-electron chi connectivity index (χ1n) is 14.5. The summed E-state index contributed by atoms with van der Waals surface area (Å²) in [6.45, 7) is 11.0. The molecular formula is C29H41ClF2N4O4S. The molecule has 0 spiro atoms. The predicted octanol–water partition coefficient (Wildman–Crippen LogP) is 3.97. The average Bonchev–Trinajstić information content (AvgIpc) is 3.27. The lowest BCUT2D eigenvalue weighted by molar-refractivity contribution is -0.141. The van der Waals surface area contributed by atoms with E-state index >= 15 is 0 Å². The van der Waals surface area contributed by atoms with E-state index < -0.39 is 51.7 Å². The van der Waals surface area contributed by atoms with E-state index in [0.29, 0.717) is 0 Å². The first-order valence-corrected chi connectivity index (χ1v) is 16.4. The van der Waals surface area contributed by atoms with E-state index in [4.69, 9.17) is 11.6 Å². The minimum Gasteiger partial charge on any atom is -0.369 e. The van der Waals surface area contributed by atoms with Crippen LogP contribution in [-0.4, -0.2) is 91.6 Å². The van der Waals surface area contributed by atoms with Crippen LogP contribution in [0.4, 0.5) is 14.5 Å². The number of benzene rings is 1. The molecule has 228 valence electrons. The van der Waals surface area contributed by atoms with Crippen molar-refractivity contribution in [3.05, 3.63) is 23.2 Å². The highest BCUT2D eigenvalue weighted by Gasteiger charge is 2.52. The van der Waals surface area contributed by atoms with Gasteiger partial charge in [0.1, 0.15) is 0 Å². The minimum absolute atomic E-state index is 0.0321. The van der Waals surface area contributed by atoms with Crippen molar-refractivity contribution < 1.29 is 26.8 Å². The van der Waals surface area contributed by atoms with Crippen molar-refractivity contribution >= 4 is 38.9 Å². The molecule has 4 aliphatic rings. The van der Waals surface area contributed by atoms with E-state index in [1.807, 2.05) is 6.92 Å². The highest BCUT2D eigenvalue weighted by Crippen LogP contribution is 2.44. The van der Waals surface area contributed by atoms with E-state index in [-0.39, 0.29) is 46.3 Å². The van der Waals surface area contributed by atoms with Crippen molar-refractivity contribution in [3.63, 3.8) is 0 Å². The molecule has 1 aromatic carbocycles. The third-order valence-electron chi connectivity index (χ3n) is 9.33. The molecule has 3 atom stereocenters. The topological polar surface area (TPSA) is 90.0 Å². The maximum atomic E-state index is 13.9. The number of carbonyl (C=O) groups excluding carboxylic acids is 2. The number of halogens is 3. The maximum absolute atomic E-state index is 13.9. The highest BCUT2D eigenvalue weighted by molar-refractivity contribution is 7.92. The Labute approximate surface area is 246 Å².